The lowest BCUT2D eigenvalue weighted by molar-refractivity contribution is -0.140. The quantitative estimate of drug-likeness (QED) is 0.277. The van der Waals surface area contributed by atoms with Crippen LogP contribution in [0.5, 0.6) is 0 Å². The highest BCUT2D eigenvalue weighted by atomic mass is 16.5. The molecule has 0 aliphatic rings. The molecule has 0 atom stereocenters. The van der Waals surface area contributed by atoms with Gasteiger partial charge in [0.05, 0.1) is 30.2 Å². The van der Waals surface area contributed by atoms with Gasteiger partial charge in [-0.2, -0.15) is 15.8 Å². The lowest BCUT2D eigenvalue weighted by Gasteiger charge is -2.08. The van der Waals surface area contributed by atoms with E-state index in [1.165, 1.54) is 19.9 Å². The largest absolute Gasteiger partial charge is 0.461 e. The minimum absolute atomic E-state index is 0.0633. The molecule has 0 radical (unpaired) electrons. The maximum absolute atomic E-state index is 11.9. The molecule has 0 spiro atoms. The van der Waals surface area contributed by atoms with E-state index in [1.807, 2.05) is 12.1 Å². The van der Waals surface area contributed by atoms with Gasteiger partial charge in [-0.3, -0.25) is 4.79 Å². The Kier molecular flexibility index (Phi) is 10.2. The molecule has 0 saturated heterocycles. The van der Waals surface area contributed by atoms with Gasteiger partial charge in [0.2, 0.25) is 0 Å². The van der Waals surface area contributed by atoms with E-state index >= 15 is 0 Å². The van der Waals surface area contributed by atoms with E-state index in [0.29, 0.717) is 16.8 Å². The predicted molar refractivity (Wildman–Crippen MR) is 91.8 cm³/mol. The number of esters is 1. The molecular formula is C18H18N4O3. The molecule has 1 rings (SSSR count). The van der Waals surface area contributed by atoms with E-state index in [9.17, 15) is 9.59 Å². The van der Waals surface area contributed by atoms with E-state index in [-0.39, 0.29) is 18.6 Å². The Labute approximate surface area is 146 Å². The fourth-order valence-corrected chi connectivity index (χ4v) is 1.70. The van der Waals surface area contributed by atoms with Crippen molar-refractivity contribution in [3.05, 3.63) is 34.9 Å². The van der Waals surface area contributed by atoms with Crippen LogP contribution in [0.1, 0.15) is 31.4 Å². The molecule has 128 valence electrons. The van der Waals surface area contributed by atoms with Crippen molar-refractivity contribution in [2.45, 2.75) is 20.3 Å². The Morgan fingerprint density at radius 1 is 1.28 bits per heavy atom. The number of nitrogens with zero attached hydrogens (tertiary/aromatic N) is 3. The van der Waals surface area contributed by atoms with E-state index in [4.69, 9.17) is 20.5 Å². The summed E-state index contributed by atoms with van der Waals surface area (Å²) in [7, 11) is 1.67. The van der Waals surface area contributed by atoms with Gasteiger partial charge in [0.25, 0.3) is 0 Å². The van der Waals surface area contributed by atoms with Gasteiger partial charge in [-0.25, -0.2) is 4.79 Å². The molecule has 0 heterocycles. The Bertz CT molecular complexity index is 777. The Morgan fingerprint density at radius 3 is 2.40 bits per heavy atom. The molecule has 0 fully saturated rings. The smallest absolute Gasteiger partial charge is 0.341 e. The third kappa shape index (κ3) is 7.45. The molecule has 0 aliphatic heterocycles. The van der Waals surface area contributed by atoms with Crippen LogP contribution < -0.4 is 5.32 Å². The summed E-state index contributed by atoms with van der Waals surface area (Å²) in [5, 5.41) is 27.5. The van der Waals surface area contributed by atoms with Gasteiger partial charge in [0, 0.05) is 19.7 Å². The zero-order chi connectivity index (χ0) is 19.2. The maximum atomic E-state index is 11.9. The normalized spacial score (nSPS) is 9.36. The van der Waals surface area contributed by atoms with Crippen molar-refractivity contribution in [3.8, 4) is 18.2 Å². The summed E-state index contributed by atoms with van der Waals surface area (Å²) in [6.07, 6.45) is 1.47. The third-order valence-electron chi connectivity index (χ3n) is 2.80. The molecule has 0 aliphatic carbocycles. The second-order valence-electron chi connectivity index (χ2n) is 4.55. The van der Waals surface area contributed by atoms with Crippen LogP contribution in [0.4, 0.5) is 5.69 Å². The lowest BCUT2D eigenvalue weighted by Crippen LogP contribution is -2.14. The van der Waals surface area contributed by atoms with Gasteiger partial charge < -0.3 is 10.1 Å². The number of carbonyl (C=O) groups is 2. The Morgan fingerprint density at radius 2 is 1.92 bits per heavy atom. The first-order chi connectivity index (χ1) is 11.9. The van der Waals surface area contributed by atoms with Crippen molar-refractivity contribution in [2.24, 2.45) is 0 Å². The Balaban J connectivity index is 0.00000178. The van der Waals surface area contributed by atoms with Crippen molar-refractivity contribution in [2.75, 3.05) is 19.0 Å². The molecule has 0 bridgehead atoms. The van der Waals surface area contributed by atoms with Gasteiger partial charge in [-0.15, -0.1) is 0 Å². The molecule has 1 aromatic rings. The second-order valence-corrected chi connectivity index (χ2v) is 4.55. The van der Waals surface area contributed by atoms with Crippen molar-refractivity contribution in [1.82, 2.24) is 0 Å². The SMILES string of the molecule is CC#N.CNc1cc(C#N)ccc1/C=C(/C(C)=O)C(=O)OCCC#N. The fraction of sp³-hybridized carbons (Fsp3) is 0.278. The van der Waals surface area contributed by atoms with Crippen molar-refractivity contribution in [1.29, 1.82) is 15.8 Å². The summed E-state index contributed by atoms with van der Waals surface area (Å²) in [5.74, 6) is -1.21. The molecular weight excluding hydrogens is 320 g/mol. The summed E-state index contributed by atoms with van der Waals surface area (Å²) in [6.45, 7) is 2.63. The number of ketones is 1. The second kappa shape index (κ2) is 11.9. The van der Waals surface area contributed by atoms with Gasteiger partial charge in [0.15, 0.2) is 5.78 Å². The summed E-state index contributed by atoms with van der Waals surface area (Å²) in [6, 6.07) is 10.5. The van der Waals surface area contributed by atoms with Crippen molar-refractivity contribution < 1.29 is 14.3 Å². The zero-order valence-electron chi connectivity index (χ0n) is 14.3. The van der Waals surface area contributed by atoms with Crippen LogP contribution in [0.25, 0.3) is 6.08 Å². The topological polar surface area (TPSA) is 127 Å². The average molecular weight is 338 g/mol. The number of nitriles is 3. The van der Waals surface area contributed by atoms with Crippen LogP contribution in [-0.4, -0.2) is 25.4 Å². The molecule has 0 saturated carbocycles. The lowest BCUT2D eigenvalue weighted by atomic mass is 10.0. The molecule has 1 N–H and O–H groups in total. The van der Waals surface area contributed by atoms with Gasteiger partial charge in [0.1, 0.15) is 12.2 Å². The van der Waals surface area contributed by atoms with Crippen LogP contribution in [0, 0.1) is 34.0 Å². The minimum Gasteiger partial charge on any atom is -0.461 e. The molecule has 0 aromatic heterocycles. The number of benzene rings is 1. The number of hydrogen-bond donors (Lipinski definition) is 1. The van der Waals surface area contributed by atoms with Gasteiger partial charge in [-0.05, 0) is 30.7 Å². The van der Waals surface area contributed by atoms with Crippen LogP contribution >= 0.6 is 0 Å². The number of rotatable bonds is 6. The van der Waals surface area contributed by atoms with Crippen molar-refractivity contribution >= 4 is 23.5 Å². The molecule has 1 aromatic carbocycles. The monoisotopic (exact) mass is 338 g/mol. The maximum Gasteiger partial charge on any atom is 0.341 e. The van der Waals surface area contributed by atoms with Gasteiger partial charge in [-0.1, -0.05) is 6.07 Å². The molecule has 0 unspecified atom stereocenters. The van der Waals surface area contributed by atoms with Crippen LogP contribution in [0.15, 0.2) is 23.8 Å². The summed E-state index contributed by atoms with van der Waals surface area (Å²) in [5.41, 5.74) is 1.55. The highest BCUT2D eigenvalue weighted by molar-refractivity contribution is 6.20. The molecule has 7 heteroatoms. The number of ether oxygens (including phenoxy) is 1. The number of anilines is 1. The third-order valence-corrected chi connectivity index (χ3v) is 2.80. The van der Waals surface area contributed by atoms with E-state index < -0.39 is 11.8 Å². The number of hydrogen-bond acceptors (Lipinski definition) is 7. The first-order valence-corrected chi connectivity index (χ1v) is 7.24. The highest BCUT2D eigenvalue weighted by Crippen LogP contribution is 2.21. The average Bonchev–Trinajstić information content (AvgIpc) is 2.60. The van der Waals surface area contributed by atoms with Crippen molar-refractivity contribution in [3.63, 3.8) is 0 Å². The number of nitrogens with one attached hydrogen (secondary N) is 1. The highest BCUT2D eigenvalue weighted by Gasteiger charge is 2.17. The Hall–Kier alpha value is -3.63. The molecule has 25 heavy (non-hydrogen) atoms. The molecule has 0 amide bonds. The first kappa shape index (κ1) is 21.4. The van der Waals surface area contributed by atoms with Crippen LogP contribution in [0.2, 0.25) is 0 Å². The van der Waals surface area contributed by atoms with E-state index in [0.717, 1.165) is 0 Å². The minimum atomic E-state index is -0.769. The summed E-state index contributed by atoms with van der Waals surface area (Å²) in [4.78, 5) is 23.5. The van der Waals surface area contributed by atoms with Crippen LogP contribution in [0.3, 0.4) is 0 Å². The number of carbonyl (C=O) groups excluding carboxylic acids is 2. The summed E-state index contributed by atoms with van der Waals surface area (Å²) < 4.78 is 4.87. The first-order valence-electron chi connectivity index (χ1n) is 7.24. The molecule has 7 nitrogen and oxygen atoms in total. The van der Waals surface area contributed by atoms with Crippen LogP contribution in [-0.2, 0) is 14.3 Å². The van der Waals surface area contributed by atoms with E-state index in [2.05, 4.69) is 5.32 Å². The predicted octanol–water partition coefficient (Wildman–Crippen LogP) is 2.56. The van der Waals surface area contributed by atoms with Gasteiger partial charge >= 0.3 is 5.97 Å². The number of Topliss-reactive ketones (excluding diaryl/α,β-unsaturated/α-hetero) is 1. The summed E-state index contributed by atoms with van der Waals surface area (Å²) >= 11 is 0. The standard InChI is InChI=1S/C16H15N3O3.C2H3N/c1-11(20)14(16(21)22-7-3-6-17)9-13-5-4-12(10-18)8-15(13)19-2;1-2-3/h4-5,8-9,19H,3,7H2,1-2H3;1H3/b14-9-;. The van der Waals surface area contributed by atoms with E-state index in [1.54, 1.807) is 31.3 Å². The fourth-order valence-electron chi connectivity index (χ4n) is 1.70. The zero-order valence-corrected chi connectivity index (χ0v) is 14.3.